The van der Waals surface area contributed by atoms with Gasteiger partial charge in [0.25, 0.3) is 5.91 Å². The van der Waals surface area contributed by atoms with Crippen molar-refractivity contribution in [2.24, 2.45) is 0 Å². The number of ether oxygens (including phenoxy) is 2. The first-order chi connectivity index (χ1) is 11.1. The van der Waals surface area contributed by atoms with Gasteiger partial charge >= 0.3 is 5.97 Å². The monoisotopic (exact) mass is 351 g/mol. The summed E-state index contributed by atoms with van der Waals surface area (Å²) in [5, 5.41) is 0.431. The molecule has 0 fully saturated rings. The van der Waals surface area contributed by atoms with Crippen LogP contribution in [0, 0.1) is 0 Å². The van der Waals surface area contributed by atoms with Gasteiger partial charge in [-0.2, -0.15) is 0 Å². The quantitative estimate of drug-likeness (QED) is 0.628. The predicted molar refractivity (Wildman–Crippen MR) is 86.4 cm³/mol. The second kappa shape index (κ2) is 6.48. The molecular formula is C16H11Cl2NO4. The minimum atomic E-state index is -0.626. The molecule has 5 nitrogen and oxygen atoms in total. The van der Waals surface area contributed by atoms with Crippen molar-refractivity contribution in [3.05, 3.63) is 52.5 Å². The number of esters is 1. The third-order valence-corrected chi connectivity index (χ3v) is 4.04. The molecule has 3 rings (SSSR count). The van der Waals surface area contributed by atoms with Crippen molar-refractivity contribution in [3.63, 3.8) is 0 Å². The summed E-state index contributed by atoms with van der Waals surface area (Å²) in [6.07, 6.45) is 0. The Morgan fingerprint density at radius 1 is 1.17 bits per heavy atom. The summed E-state index contributed by atoms with van der Waals surface area (Å²) in [7, 11) is 0. The number of carbonyl (C=O) groups is 2. The van der Waals surface area contributed by atoms with Gasteiger partial charge in [0, 0.05) is 0 Å². The summed E-state index contributed by atoms with van der Waals surface area (Å²) in [6.45, 7) is -0.371. The van der Waals surface area contributed by atoms with Crippen molar-refractivity contribution in [1.82, 2.24) is 0 Å². The maximum Gasteiger partial charge on any atom is 0.331 e. The average Bonchev–Trinajstić information content (AvgIpc) is 2.54. The van der Waals surface area contributed by atoms with Crippen LogP contribution in [0.3, 0.4) is 0 Å². The number of amides is 1. The van der Waals surface area contributed by atoms with E-state index in [9.17, 15) is 9.59 Å². The number of rotatable bonds is 3. The van der Waals surface area contributed by atoms with Crippen LogP contribution in [0.2, 0.25) is 10.0 Å². The SMILES string of the molecule is O=C(CN1C(=O)COc2ccccc21)Oc1cccc(Cl)c1Cl. The molecule has 0 aromatic heterocycles. The smallest absolute Gasteiger partial charge is 0.331 e. The molecule has 0 saturated carbocycles. The maximum atomic E-state index is 12.1. The molecule has 118 valence electrons. The Morgan fingerprint density at radius 3 is 2.78 bits per heavy atom. The van der Waals surface area contributed by atoms with Gasteiger partial charge < -0.3 is 9.47 Å². The molecule has 0 saturated heterocycles. The normalized spacial score (nSPS) is 13.3. The molecule has 0 N–H and O–H groups in total. The van der Waals surface area contributed by atoms with Crippen LogP contribution in [-0.2, 0) is 9.59 Å². The van der Waals surface area contributed by atoms with Crippen molar-refractivity contribution in [1.29, 1.82) is 0 Å². The number of fused-ring (bicyclic) bond motifs is 1. The van der Waals surface area contributed by atoms with Crippen LogP contribution >= 0.6 is 23.2 Å². The van der Waals surface area contributed by atoms with Crippen LogP contribution in [0.1, 0.15) is 0 Å². The minimum Gasteiger partial charge on any atom is -0.482 e. The van der Waals surface area contributed by atoms with Gasteiger partial charge in [-0.15, -0.1) is 0 Å². The molecule has 2 aromatic carbocycles. The number of hydrogen-bond acceptors (Lipinski definition) is 4. The first-order valence-corrected chi connectivity index (χ1v) is 7.49. The zero-order chi connectivity index (χ0) is 16.4. The second-order valence-electron chi connectivity index (χ2n) is 4.76. The molecule has 0 atom stereocenters. The Morgan fingerprint density at radius 2 is 1.96 bits per heavy atom. The zero-order valence-electron chi connectivity index (χ0n) is 11.8. The zero-order valence-corrected chi connectivity index (χ0v) is 13.3. The van der Waals surface area contributed by atoms with Crippen molar-refractivity contribution < 1.29 is 19.1 Å². The highest BCUT2D eigenvalue weighted by molar-refractivity contribution is 6.43. The van der Waals surface area contributed by atoms with Gasteiger partial charge in [-0.05, 0) is 24.3 Å². The molecule has 0 aliphatic carbocycles. The van der Waals surface area contributed by atoms with Crippen molar-refractivity contribution in [2.45, 2.75) is 0 Å². The summed E-state index contributed by atoms with van der Waals surface area (Å²) >= 11 is 11.9. The van der Waals surface area contributed by atoms with E-state index in [2.05, 4.69) is 0 Å². The lowest BCUT2D eigenvalue weighted by Gasteiger charge is -2.28. The van der Waals surface area contributed by atoms with E-state index in [0.29, 0.717) is 11.4 Å². The molecular weight excluding hydrogens is 341 g/mol. The third-order valence-electron chi connectivity index (χ3n) is 3.24. The van der Waals surface area contributed by atoms with Gasteiger partial charge in [0.15, 0.2) is 12.4 Å². The van der Waals surface area contributed by atoms with Crippen LogP contribution in [0.4, 0.5) is 5.69 Å². The van der Waals surface area contributed by atoms with E-state index in [0.717, 1.165) is 0 Å². The highest BCUT2D eigenvalue weighted by Gasteiger charge is 2.27. The topological polar surface area (TPSA) is 55.8 Å². The molecule has 1 heterocycles. The molecule has 2 aromatic rings. The van der Waals surface area contributed by atoms with E-state index >= 15 is 0 Å². The lowest BCUT2D eigenvalue weighted by molar-refractivity contribution is -0.134. The molecule has 0 radical (unpaired) electrons. The fourth-order valence-corrected chi connectivity index (χ4v) is 2.50. The van der Waals surface area contributed by atoms with Crippen molar-refractivity contribution in [3.8, 4) is 11.5 Å². The minimum absolute atomic E-state index is 0.123. The number of halogens is 2. The lowest BCUT2D eigenvalue weighted by atomic mass is 10.2. The van der Waals surface area contributed by atoms with Gasteiger partial charge in [-0.3, -0.25) is 9.69 Å². The van der Waals surface area contributed by atoms with Gasteiger partial charge in [0.05, 0.1) is 10.7 Å². The number of anilines is 1. The van der Waals surface area contributed by atoms with Crippen LogP contribution in [0.25, 0.3) is 0 Å². The van der Waals surface area contributed by atoms with Crippen LogP contribution in [-0.4, -0.2) is 25.0 Å². The van der Waals surface area contributed by atoms with E-state index < -0.39 is 5.97 Å². The summed E-state index contributed by atoms with van der Waals surface area (Å²) in [6, 6.07) is 11.7. The van der Waals surface area contributed by atoms with Gasteiger partial charge in [-0.1, -0.05) is 41.4 Å². The molecule has 0 bridgehead atoms. The summed E-state index contributed by atoms with van der Waals surface area (Å²) in [4.78, 5) is 25.5. The molecule has 7 heteroatoms. The number of para-hydroxylation sites is 2. The Balaban J connectivity index is 1.78. The summed E-state index contributed by atoms with van der Waals surface area (Å²) < 4.78 is 10.5. The largest absolute Gasteiger partial charge is 0.482 e. The van der Waals surface area contributed by atoms with Crippen LogP contribution in [0.5, 0.6) is 11.5 Å². The maximum absolute atomic E-state index is 12.1. The highest BCUT2D eigenvalue weighted by Crippen LogP contribution is 2.33. The van der Waals surface area contributed by atoms with Gasteiger partial charge in [0.2, 0.25) is 0 Å². The molecule has 1 aliphatic rings. The molecule has 1 amide bonds. The van der Waals surface area contributed by atoms with E-state index in [-0.39, 0.29) is 34.9 Å². The molecule has 0 spiro atoms. The number of benzene rings is 2. The van der Waals surface area contributed by atoms with E-state index in [4.69, 9.17) is 32.7 Å². The number of hydrogen-bond donors (Lipinski definition) is 0. The summed E-state index contributed by atoms with van der Waals surface area (Å²) in [5.41, 5.74) is 0.526. The van der Waals surface area contributed by atoms with Gasteiger partial charge in [0.1, 0.15) is 17.3 Å². The fourth-order valence-electron chi connectivity index (χ4n) is 2.17. The predicted octanol–water partition coefficient (Wildman–Crippen LogP) is 3.32. The highest BCUT2D eigenvalue weighted by atomic mass is 35.5. The van der Waals surface area contributed by atoms with Gasteiger partial charge in [-0.25, -0.2) is 4.79 Å². The van der Waals surface area contributed by atoms with E-state index in [1.54, 1.807) is 36.4 Å². The lowest BCUT2D eigenvalue weighted by Crippen LogP contribution is -2.43. The first kappa shape index (κ1) is 15.6. The fraction of sp³-hybridized carbons (Fsp3) is 0.125. The molecule has 1 aliphatic heterocycles. The summed E-state index contributed by atoms with van der Waals surface area (Å²) in [5.74, 6) is -0.254. The Bertz CT molecular complexity index is 778. The number of carbonyl (C=O) groups excluding carboxylic acids is 2. The first-order valence-electron chi connectivity index (χ1n) is 6.73. The van der Waals surface area contributed by atoms with Crippen molar-refractivity contribution in [2.75, 3.05) is 18.1 Å². The molecule has 23 heavy (non-hydrogen) atoms. The van der Waals surface area contributed by atoms with Crippen LogP contribution in [0.15, 0.2) is 42.5 Å². The number of nitrogens with zero attached hydrogens (tertiary/aromatic N) is 1. The molecule has 0 unspecified atom stereocenters. The second-order valence-corrected chi connectivity index (χ2v) is 5.55. The average molecular weight is 352 g/mol. The Kier molecular flexibility index (Phi) is 4.41. The van der Waals surface area contributed by atoms with E-state index in [1.807, 2.05) is 0 Å². The van der Waals surface area contributed by atoms with E-state index in [1.165, 1.54) is 11.0 Å². The Labute approximate surface area is 142 Å². The van der Waals surface area contributed by atoms with Crippen LogP contribution < -0.4 is 14.4 Å². The Hall–Kier alpha value is -2.24. The van der Waals surface area contributed by atoms with Crippen molar-refractivity contribution >= 4 is 40.8 Å². The third kappa shape index (κ3) is 3.25. The standard InChI is InChI=1S/C16H11Cl2NO4/c17-10-4-3-7-13(16(10)18)23-15(21)8-19-11-5-1-2-6-12(11)22-9-14(19)20/h1-7H,8-9H2.